The van der Waals surface area contributed by atoms with E-state index >= 15 is 0 Å². The van der Waals surface area contributed by atoms with E-state index in [1.54, 1.807) is 30.3 Å². The Morgan fingerprint density at radius 2 is 1.68 bits per heavy atom. The first-order chi connectivity index (χ1) is 11.6. The van der Waals surface area contributed by atoms with Crippen LogP contribution in [0.1, 0.15) is 10.4 Å². The number of H-pyrrole nitrogens is 1. The molecule has 4 rings (SSSR count). The predicted molar refractivity (Wildman–Crippen MR) is 94.7 cm³/mol. The van der Waals surface area contributed by atoms with Crippen molar-refractivity contribution < 1.29 is 39.5 Å². The minimum Gasteiger partial charge on any atom is -0.872 e. The van der Waals surface area contributed by atoms with Crippen molar-refractivity contribution in [1.82, 2.24) is 4.98 Å². The molecule has 1 aromatic heterocycles. The fourth-order valence-corrected chi connectivity index (χ4v) is 2.91. The van der Waals surface area contributed by atoms with Crippen molar-refractivity contribution in [2.24, 2.45) is 0 Å². The van der Waals surface area contributed by atoms with E-state index in [0.717, 1.165) is 21.8 Å². The van der Waals surface area contributed by atoms with Gasteiger partial charge in [0.05, 0.1) is 0 Å². The molecule has 0 bridgehead atoms. The van der Waals surface area contributed by atoms with E-state index in [4.69, 9.17) is 11.6 Å². The number of aromatic nitrogens is 1. The Kier molecular flexibility index (Phi) is 5.06. The first kappa shape index (κ1) is 17.8. The topological polar surface area (TPSA) is 68.0 Å². The third kappa shape index (κ3) is 3.39. The number of hydrogen-bond donors (Lipinski definition) is 2. The van der Waals surface area contributed by atoms with Gasteiger partial charge in [0.1, 0.15) is 0 Å². The summed E-state index contributed by atoms with van der Waals surface area (Å²) < 4.78 is 0. The van der Waals surface area contributed by atoms with Crippen LogP contribution in [0.5, 0.6) is 5.75 Å². The zero-order chi connectivity index (χ0) is 16.7. The van der Waals surface area contributed by atoms with E-state index in [1.165, 1.54) is 6.07 Å². The fourth-order valence-electron chi connectivity index (χ4n) is 2.79. The molecule has 118 valence electrons. The van der Waals surface area contributed by atoms with Gasteiger partial charge in [0.25, 0.3) is 5.91 Å². The van der Waals surface area contributed by atoms with Crippen LogP contribution in [-0.4, -0.2) is 10.9 Å². The second kappa shape index (κ2) is 7.10. The van der Waals surface area contributed by atoms with Gasteiger partial charge in [-0.3, -0.25) is 4.79 Å². The third-order valence-corrected chi connectivity index (χ3v) is 4.21. The number of aromatic amines is 1. The first-order valence-electron chi connectivity index (χ1n) is 7.40. The van der Waals surface area contributed by atoms with Crippen molar-refractivity contribution in [3.8, 4) is 5.75 Å². The van der Waals surface area contributed by atoms with Crippen molar-refractivity contribution in [2.45, 2.75) is 0 Å². The van der Waals surface area contributed by atoms with Gasteiger partial charge < -0.3 is 15.4 Å². The normalized spacial score (nSPS) is 10.6. The zero-order valence-corrected chi connectivity index (χ0v) is 16.2. The van der Waals surface area contributed by atoms with E-state index < -0.39 is 5.91 Å². The van der Waals surface area contributed by atoms with Crippen molar-refractivity contribution >= 4 is 45.0 Å². The summed E-state index contributed by atoms with van der Waals surface area (Å²) in [4.78, 5) is 15.7. The Bertz CT molecular complexity index is 1070. The van der Waals surface area contributed by atoms with Crippen molar-refractivity contribution in [2.75, 3.05) is 5.32 Å². The van der Waals surface area contributed by atoms with Crippen LogP contribution in [0.2, 0.25) is 5.02 Å². The molecule has 2 N–H and O–H groups in total. The number of amides is 1. The average molecular weight is 359 g/mol. The van der Waals surface area contributed by atoms with Gasteiger partial charge in [-0.1, -0.05) is 41.6 Å². The minimum absolute atomic E-state index is 0. The van der Waals surface area contributed by atoms with Crippen LogP contribution in [0.25, 0.3) is 21.8 Å². The quantitative estimate of drug-likeness (QED) is 0.530. The second-order valence-electron chi connectivity index (χ2n) is 5.53. The van der Waals surface area contributed by atoms with Crippen LogP contribution in [0, 0.1) is 0 Å². The van der Waals surface area contributed by atoms with Gasteiger partial charge >= 0.3 is 29.6 Å². The van der Waals surface area contributed by atoms with Crippen molar-refractivity contribution in [1.29, 1.82) is 0 Å². The van der Waals surface area contributed by atoms with Crippen LogP contribution < -0.4 is 40.0 Å². The third-order valence-electron chi connectivity index (χ3n) is 3.95. The van der Waals surface area contributed by atoms with E-state index in [0.29, 0.717) is 10.7 Å². The largest absolute Gasteiger partial charge is 1.00 e. The smallest absolute Gasteiger partial charge is 0.872 e. The predicted octanol–water partition coefficient (Wildman–Crippen LogP) is 1.30. The summed E-state index contributed by atoms with van der Waals surface area (Å²) in [7, 11) is 0. The van der Waals surface area contributed by atoms with Crippen LogP contribution in [0.4, 0.5) is 5.69 Å². The zero-order valence-electron chi connectivity index (χ0n) is 13.5. The summed E-state index contributed by atoms with van der Waals surface area (Å²) in [6.45, 7) is 0. The molecule has 0 aliphatic rings. The number of nitrogens with one attached hydrogen (secondary N) is 2. The summed E-state index contributed by atoms with van der Waals surface area (Å²) in [5.74, 6) is -0.749. The van der Waals surface area contributed by atoms with Crippen molar-refractivity contribution in [3.05, 3.63) is 71.2 Å². The molecule has 6 heteroatoms. The molecule has 4 nitrogen and oxygen atoms in total. The molecule has 3 aromatic carbocycles. The number of benzene rings is 3. The first-order valence-corrected chi connectivity index (χ1v) is 7.78. The summed E-state index contributed by atoms with van der Waals surface area (Å²) >= 11 is 5.83. The summed E-state index contributed by atoms with van der Waals surface area (Å²) in [5.41, 5.74) is 2.38. The Morgan fingerprint density at radius 3 is 2.44 bits per heavy atom. The molecule has 0 spiro atoms. The molecular weight excluding hydrogens is 347 g/mol. The van der Waals surface area contributed by atoms with E-state index in [2.05, 4.69) is 10.3 Å². The fraction of sp³-hybridized carbons (Fsp3) is 0. The standard InChI is InChI=1S/C19H13ClN2O2.Na/c20-11-5-7-12(8-6-11)21-19(24)15-9-17-14(10-18(15)23)13-3-1-2-4-16(13)22-17;/h1-10,22-23H,(H,21,24);/q;+1/p-1. The Labute approximate surface area is 171 Å². The summed E-state index contributed by atoms with van der Waals surface area (Å²) in [5, 5.41) is 17.4. The van der Waals surface area contributed by atoms with E-state index in [9.17, 15) is 9.90 Å². The molecule has 0 unspecified atom stereocenters. The molecule has 0 atom stereocenters. The van der Waals surface area contributed by atoms with Crippen LogP contribution in [-0.2, 0) is 0 Å². The molecular formula is C19H12ClN2NaO2. The SMILES string of the molecule is O=C(Nc1ccc(Cl)cc1)c1cc2[nH]c3ccccc3c2cc1[O-].[Na+]. The number of carbonyl (C=O) groups excluding carboxylic acids is 1. The van der Waals surface area contributed by atoms with E-state index in [1.807, 2.05) is 24.3 Å². The molecule has 0 saturated carbocycles. The van der Waals surface area contributed by atoms with Crippen LogP contribution in [0.15, 0.2) is 60.7 Å². The number of fused-ring (bicyclic) bond motifs is 3. The van der Waals surface area contributed by atoms with Crippen molar-refractivity contribution in [3.63, 3.8) is 0 Å². The molecule has 0 aliphatic heterocycles. The molecule has 1 heterocycles. The monoisotopic (exact) mass is 358 g/mol. The second-order valence-corrected chi connectivity index (χ2v) is 5.96. The van der Waals surface area contributed by atoms with Gasteiger partial charge in [-0.25, -0.2) is 0 Å². The number of rotatable bonds is 2. The molecule has 1 amide bonds. The van der Waals surface area contributed by atoms with Gasteiger partial charge in [-0.15, -0.1) is 0 Å². The Morgan fingerprint density at radius 1 is 0.960 bits per heavy atom. The van der Waals surface area contributed by atoms with Gasteiger partial charge in [0, 0.05) is 38.1 Å². The number of halogens is 1. The Hall–Kier alpha value is -1.98. The Balaban J connectivity index is 0.00000182. The molecule has 4 aromatic rings. The number of hydrogen-bond acceptors (Lipinski definition) is 2. The number of carbonyl (C=O) groups is 1. The van der Waals surface area contributed by atoms with E-state index in [-0.39, 0.29) is 40.9 Å². The molecule has 0 radical (unpaired) electrons. The molecule has 25 heavy (non-hydrogen) atoms. The van der Waals surface area contributed by atoms with Crippen LogP contribution >= 0.6 is 11.6 Å². The molecule has 0 fully saturated rings. The van der Waals surface area contributed by atoms with Gasteiger partial charge in [-0.05, 0) is 36.4 Å². The summed E-state index contributed by atoms with van der Waals surface area (Å²) in [6.07, 6.45) is 0. The maximum absolute atomic E-state index is 12.4. The summed E-state index contributed by atoms with van der Waals surface area (Å²) in [6, 6.07) is 17.6. The maximum Gasteiger partial charge on any atom is 1.00 e. The maximum atomic E-state index is 12.4. The molecule has 0 aliphatic carbocycles. The van der Waals surface area contributed by atoms with Crippen LogP contribution in [0.3, 0.4) is 0 Å². The number of para-hydroxylation sites is 1. The number of anilines is 1. The molecule has 0 saturated heterocycles. The van der Waals surface area contributed by atoms with Gasteiger partial charge in [0.2, 0.25) is 0 Å². The van der Waals surface area contributed by atoms with Gasteiger partial charge in [0.15, 0.2) is 0 Å². The minimum atomic E-state index is -0.442. The average Bonchev–Trinajstić information content (AvgIpc) is 2.94. The van der Waals surface area contributed by atoms with Gasteiger partial charge in [-0.2, -0.15) is 0 Å².